The van der Waals surface area contributed by atoms with Crippen molar-refractivity contribution in [2.75, 3.05) is 5.32 Å². The molecule has 0 bridgehead atoms. The molecule has 0 spiro atoms. The summed E-state index contributed by atoms with van der Waals surface area (Å²) in [7, 11) is 0. The van der Waals surface area contributed by atoms with Gasteiger partial charge in [0, 0.05) is 15.5 Å². The standard InChI is InChI=1S/C16H15ClIN3/c1-2-21-16-6-4-3-5-12(16)15(20-21)10-19-14-8-7-11(18)9-13(14)17/h3-9,19H,2,10H2,1H3. The number of hydrogen-bond acceptors (Lipinski definition) is 2. The topological polar surface area (TPSA) is 29.9 Å². The molecule has 5 heteroatoms. The van der Waals surface area contributed by atoms with Gasteiger partial charge in [-0.1, -0.05) is 29.8 Å². The Hall–Kier alpha value is -1.27. The van der Waals surface area contributed by atoms with Crippen molar-refractivity contribution in [3.05, 3.63) is 56.8 Å². The summed E-state index contributed by atoms with van der Waals surface area (Å²) in [5, 5.41) is 9.98. The molecule has 1 aromatic heterocycles. The van der Waals surface area contributed by atoms with Crippen molar-refractivity contribution in [3.63, 3.8) is 0 Å². The number of nitrogens with zero attached hydrogens (tertiary/aromatic N) is 2. The van der Waals surface area contributed by atoms with Crippen molar-refractivity contribution in [1.82, 2.24) is 9.78 Å². The summed E-state index contributed by atoms with van der Waals surface area (Å²) in [6.45, 7) is 3.63. The highest BCUT2D eigenvalue weighted by Gasteiger charge is 2.09. The fourth-order valence-electron chi connectivity index (χ4n) is 2.38. The molecule has 0 fully saturated rings. The Bertz CT molecular complexity index is 782. The number of halogens is 2. The molecule has 0 unspecified atom stereocenters. The van der Waals surface area contributed by atoms with Crippen LogP contribution in [-0.2, 0) is 13.1 Å². The van der Waals surface area contributed by atoms with Crippen molar-refractivity contribution in [1.29, 1.82) is 0 Å². The molecule has 21 heavy (non-hydrogen) atoms. The smallest absolute Gasteiger partial charge is 0.0894 e. The lowest BCUT2D eigenvalue weighted by Gasteiger charge is -2.07. The Labute approximate surface area is 142 Å². The second-order valence-electron chi connectivity index (χ2n) is 4.76. The van der Waals surface area contributed by atoms with Gasteiger partial charge in [0.1, 0.15) is 0 Å². The van der Waals surface area contributed by atoms with Crippen LogP contribution in [0.15, 0.2) is 42.5 Å². The fourth-order valence-corrected chi connectivity index (χ4v) is 3.30. The normalized spacial score (nSPS) is 11.0. The molecule has 3 nitrogen and oxygen atoms in total. The first-order valence-electron chi connectivity index (χ1n) is 6.82. The van der Waals surface area contributed by atoms with Gasteiger partial charge in [-0.3, -0.25) is 4.68 Å². The summed E-state index contributed by atoms with van der Waals surface area (Å²) < 4.78 is 3.16. The van der Waals surface area contributed by atoms with Crippen molar-refractivity contribution in [3.8, 4) is 0 Å². The number of nitrogens with one attached hydrogen (secondary N) is 1. The predicted octanol–water partition coefficient (Wildman–Crippen LogP) is 4.93. The van der Waals surface area contributed by atoms with Crippen LogP contribution in [0.1, 0.15) is 12.6 Å². The number of aryl methyl sites for hydroxylation is 1. The van der Waals surface area contributed by atoms with Gasteiger partial charge in [0.2, 0.25) is 0 Å². The molecule has 0 saturated carbocycles. The third-order valence-corrected chi connectivity index (χ3v) is 4.40. The van der Waals surface area contributed by atoms with Gasteiger partial charge in [-0.15, -0.1) is 0 Å². The molecule has 3 rings (SSSR count). The number of para-hydroxylation sites is 1. The van der Waals surface area contributed by atoms with Gasteiger partial charge in [0.25, 0.3) is 0 Å². The maximum Gasteiger partial charge on any atom is 0.0894 e. The average molecular weight is 412 g/mol. The van der Waals surface area contributed by atoms with Gasteiger partial charge in [0.15, 0.2) is 0 Å². The fraction of sp³-hybridized carbons (Fsp3) is 0.188. The highest BCUT2D eigenvalue weighted by Crippen LogP contribution is 2.25. The molecule has 0 aliphatic carbocycles. The van der Waals surface area contributed by atoms with Gasteiger partial charge < -0.3 is 5.32 Å². The van der Waals surface area contributed by atoms with Crippen LogP contribution >= 0.6 is 34.2 Å². The Morgan fingerprint density at radius 2 is 2.05 bits per heavy atom. The summed E-state index contributed by atoms with van der Waals surface area (Å²) in [6.07, 6.45) is 0. The second-order valence-corrected chi connectivity index (χ2v) is 6.41. The van der Waals surface area contributed by atoms with E-state index in [1.54, 1.807) is 0 Å². The van der Waals surface area contributed by atoms with Crippen molar-refractivity contribution in [2.45, 2.75) is 20.0 Å². The Kier molecular flexibility index (Phi) is 4.35. The predicted molar refractivity (Wildman–Crippen MR) is 96.9 cm³/mol. The molecule has 0 aliphatic heterocycles. The quantitative estimate of drug-likeness (QED) is 0.617. The molecular weight excluding hydrogens is 397 g/mol. The summed E-state index contributed by atoms with van der Waals surface area (Å²) in [6, 6.07) is 14.3. The molecule has 108 valence electrons. The van der Waals surface area contributed by atoms with E-state index in [0.29, 0.717) is 6.54 Å². The van der Waals surface area contributed by atoms with E-state index in [4.69, 9.17) is 11.6 Å². The monoisotopic (exact) mass is 411 g/mol. The van der Waals surface area contributed by atoms with E-state index in [1.807, 2.05) is 35.0 Å². The minimum Gasteiger partial charge on any atom is -0.378 e. The Morgan fingerprint density at radius 3 is 2.81 bits per heavy atom. The van der Waals surface area contributed by atoms with E-state index in [9.17, 15) is 0 Å². The van der Waals surface area contributed by atoms with E-state index in [2.05, 4.69) is 52.1 Å². The summed E-state index contributed by atoms with van der Waals surface area (Å²) >= 11 is 8.51. The zero-order valence-electron chi connectivity index (χ0n) is 11.6. The molecule has 1 N–H and O–H groups in total. The van der Waals surface area contributed by atoms with Crippen LogP contribution in [0.5, 0.6) is 0 Å². The van der Waals surface area contributed by atoms with Crippen molar-refractivity contribution in [2.24, 2.45) is 0 Å². The largest absolute Gasteiger partial charge is 0.378 e. The first kappa shape index (κ1) is 14.7. The van der Waals surface area contributed by atoms with Crippen molar-refractivity contribution >= 4 is 50.8 Å². The molecular formula is C16H15ClIN3. The second kappa shape index (κ2) is 6.23. The van der Waals surface area contributed by atoms with Gasteiger partial charge in [-0.25, -0.2) is 0 Å². The van der Waals surface area contributed by atoms with E-state index in [0.717, 1.165) is 26.5 Å². The highest BCUT2D eigenvalue weighted by molar-refractivity contribution is 14.1. The Balaban J connectivity index is 1.88. The third kappa shape index (κ3) is 3.01. The third-order valence-electron chi connectivity index (χ3n) is 3.41. The van der Waals surface area contributed by atoms with Gasteiger partial charge in [-0.2, -0.15) is 5.10 Å². The molecule has 0 saturated heterocycles. The summed E-state index contributed by atoms with van der Waals surface area (Å²) in [4.78, 5) is 0. The van der Waals surface area contributed by atoms with E-state index in [1.165, 1.54) is 10.9 Å². The number of anilines is 1. The molecule has 0 aliphatic rings. The molecule has 3 aromatic rings. The van der Waals surface area contributed by atoms with Crippen LogP contribution in [0.3, 0.4) is 0 Å². The number of benzene rings is 2. The van der Waals surface area contributed by atoms with Crippen LogP contribution in [0, 0.1) is 3.57 Å². The average Bonchev–Trinajstić information content (AvgIpc) is 2.85. The number of rotatable bonds is 4. The maximum absolute atomic E-state index is 6.25. The van der Waals surface area contributed by atoms with Crippen LogP contribution in [0.25, 0.3) is 10.9 Å². The lowest BCUT2D eigenvalue weighted by molar-refractivity contribution is 0.671. The van der Waals surface area contributed by atoms with Gasteiger partial charge in [0.05, 0.1) is 28.5 Å². The molecule has 0 atom stereocenters. The first-order valence-corrected chi connectivity index (χ1v) is 8.28. The summed E-state index contributed by atoms with van der Waals surface area (Å²) in [5.41, 5.74) is 3.15. The zero-order chi connectivity index (χ0) is 14.8. The minimum atomic E-state index is 0.661. The minimum absolute atomic E-state index is 0.661. The first-order chi connectivity index (χ1) is 10.2. The number of fused-ring (bicyclic) bond motifs is 1. The van der Waals surface area contributed by atoms with Crippen LogP contribution in [-0.4, -0.2) is 9.78 Å². The molecule has 1 heterocycles. The van der Waals surface area contributed by atoms with Gasteiger partial charge >= 0.3 is 0 Å². The summed E-state index contributed by atoms with van der Waals surface area (Å²) in [5.74, 6) is 0. The molecule has 0 radical (unpaired) electrons. The van der Waals surface area contributed by atoms with E-state index >= 15 is 0 Å². The number of hydrogen-bond donors (Lipinski definition) is 1. The van der Waals surface area contributed by atoms with E-state index < -0.39 is 0 Å². The lowest BCUT2D eigenvalue weighted by atomic mass is 10.2. The lowest BCUT2D eigenvalue weighted by Crippen LogP contribution is -2.03. The van der Waals surface area contributed by atoms with Crippen LogP contribution in [0.2, 0.25) is 5.02 Å². The molecule has 2 aromatic carbocycles. The highest BCUT2D eigenvalue weighted by atomic mass is 127. The number of aromatic nitrogens is 2. The zero-order valence-corrected chi connectivity index (χ0v) is 14.5. The van der Waals surface area contributed by atoms with Crippen molar-refractivity contribution < 1.29 is 0 Å². The van der Waals surface area contributed by atoms with Gasteiger partial charge in [-0.05, 0) is 53.8 Å². The molecule has 0 amide bonds. The van der Waals surface area contributed by atoms with Crippen LogP contribution in [0.4, 0.5) is 5.69 Å². The Morgan fingerprint density at radius 1 is 1.24 bits per heavy atom. The maximum atomic E-state index is 6.25. The van der Waals surface area contributed by atoms with Crippen LogP contribution < -0.4 is 5.32 Å². The SMILES string of the molecule is CCn1nc(CNc2ccc(I)cc2Cl)c2ccccc21. The van der Waals surface area contributed by atoms with E-state index in [-0.39, 0.29) is 0 Å².